The lowest BCUT2D eigenvalue weighted by Gasteiger charge is -2.22. The minimum absolute atomic E-state index is 0.0620. The van der Waals surface area contributed by atoms with E-state index in [-0.39, 0.29) is 18.1 Å². The zero-order valence-corrected chi connectivity index (χ0v) is 12.1. The highest BCUT2D eigenvalue weighted by atomic mass is 19.1. The summed E-state index contributed by atoms with van der Waals surface area (Å²) < 4.78 is 13.2. The van der Waals surface area contributed by atoms with E-state index in [1.807, 2.05) is 19.1 Å². The average molecular weight is 286 g/mol. The van der Waals surface area contributed by atoms with Crippen molar-refractivity contribution in [2.75, 3.05) is 17.2 Å². The second-order valence-corrected chi connectivity index (χ2v) is 4.95. The zero-order chi connectivity index (χ0) is 15.2. The molecule has 0 bridgehead atoms. The maximum absolute atomic E-state index is 13.2. The first-order chi connectivity index (χ1) is 10.1. The summed E-state index contributed by atoms with van der Waals surface area (Å²) >= 11 is 0. The number of nitrogens with zero attached hydrogens (tertiary/aromatic N) is 1. The summed E-state index contributed by atoms with van der Waals surface area (Å²) in [5.74, 6) is -0.389. The molecule has 0 radical (unpaired) electrons. The smallest absolute Gasteiger partial charge is 0.231 e. The van der Waals surface area contributed by atoms with E-state index in [2.05, 4.69) is 0 Å². The van der Waals surface area contributed by atoms with Crippen LogP contribution in [0.15, 0.2) is 48.5 Å². The topological polar surface area (TPSA) is 46.3 Å². The lowest BCUT2D eigenvalue weighted by atomic mass is 10.1. The van der Waals surface area contributed by atoms with E-state index in [0.29, 0.717) is 17.8 Å². The summed E-state index contributed by atoms with van der Waals surface area (Å²) in [4.78, 5) is 14.2. The predicted octanol–water partition coefficient (Wildman–Crippen LogP) is 3.39. The van der Waals surface area contributed by atoms with Gasteiger partial charge in [-0.25, -0.2) is 4.39 Å². The molecule has 1 amide bonds. The van der Waals surface area contributed by atoms with Gasteiger partial charge in [0.1, 0.15) is 5.82 Å². The van der Waals surface area contributed by atoms with Crippen molar-refractivity contribution >= 4 is 17.3 Å². The molecule has 0 aliphatic heterocycles. The molecule has 0 unspecified atom stereocenters. The van der Waals surface area contributed by atoms with Gasteiger partial charge in [-0.05, 0) is 42.3 Å². The second kappa shape index (κ2) is 6.88. The maximum atomic E-state index is 13.2. The Morgan fingerprint density at radius 2 is 1.95 bits per heavy atom. The summed E-state index contributed by atoms with van der Waals surface area (Å²) in [7, 11) is 0. The van der Waals surface area contributed by atoms with Gasteiger partial charge in [0.15, 0.2) is 0 Å². The molecule has 0 saturated heterocycles. The minimum atomic E-state index is -0.328. The first-order valence-corrected chi connectivity index (χ1v) is 7.00. The summed E-state index contributed by atoms with van der Waals surface area (Å²) in [6, 6.07) is 13.4. The molecule has 2 rings (SSSR count). The molecule has 0 aromatic heterocycles. The van der Waals surface area contributed by atoms with E-state index in [9.17, 15) is 9.18 Å². The number of carbonyl (C=O) groups is 1. The van der Waals surface area contributed by atoms with Crippen molar-refractivity contribution in [3.8, 4) is 0 Å². The van der Waals surface area contributed by atoms with Crippen molar-refractivity contribution in [1.29, 1.82) is 0 Å². The monoisotopic (exact) mass is 286 g/mol. The number of anilines is 2. The largest absolute Gasteiger partial charge is 0.399 e. The summed E-state index contributed by atoms with van der Waals surface area (Å²) in [5.41, 5.74) is 7.84. The Balaban J connectivity index is 2.19. The Morgan fingerprint density at radius 3 is 2.62 bits per heavy atom. The molecular formula is C17H19FN2O. The number of halogens is 1. The van der Waals surface area contributed by atoms with Crippen LogP contribution in [0.4, 0.5) is 15.8 Å². The Bertz CT molecular complexity index is 628. The Morgan fingerprint density at radius 1 is 1.19 bits per heavy atom. The first-order valence-electron chi connectivity index (χ1n) is 7.00. The Hall–Kier alpha value is -2.36. The van der Waals surface area contributed by atoms with Crippen molar-refractivity contribution in [2.45, 2.75) is 19.8 Å². The van der Waals surface area contributed by atoms with Crippen LogP contribution in [0.1, 0.15) is 18.9 Å². The third kappa shape index (κ3) is 4.05. The molecular weight excluding hydrogens is 267 g/mol. The van der Waals surface area contributed by atoms with E-state index >= 15 is 0 Å². The fourth-order valence-corrected chi connectivity index (χ4v) is 2.23. The molecule has 0 heterocycles. The van der Waals surface area contributed by atoms with Crippen LogP contribution in [0.25, 0.3) is 0 Å². The van der Waals surface area contributed by atoms with Crippen LogP contribution in [0.5, 0.6) is 0 Å². The second-order valence-electron chi connectivity index (χ2n) is 4.95. The van der Waals surface area contributed by atoms with Crippen molar-refractivity contribution in [1.82, 2.24) is 0 Å². The van der Waals surface area contributed by atoms with Crippen LogP contribution in [0, 0.1) is 5.82 Å². The van der Waals surface area contributed by atoms with Crippen LogP contribution in [-0.4, -0.2) is 12.5 Å². The van der Waals surface area contributed by atoms with Gasteiger partial charge < -0.3 is 10.6 Å². The number of hydrogen-bond donors (Lipinski definition) is 1. The summed E-state index contributed by atoms with van der Waals surface area (Å²) in [6.45, 7) is 2.62. The molecule has 0 fully saturated rings. The van der Waals surface area contributed by atoms with Gasteiger partial charge in [-0.1, -0.05) is 25.1 Å². The Kier molecular flexibility index (Phi) is 4.93. The summed E-state index contributed by atoms with van der Waals surface area (Å²) in [6.07, 6.45) is 1.01. The number of rotatable bonds is 5. The molecule has 0 atom stereocenters. The standard InChI is InChI=1S/C17H19FN2O/c1-2-9-20(16-8-4-7-15(19)12-16)17(21)11-13-5-3-6-14(18)10-13/h3-8,10,12H,2,9,11,19H2,1H3. The van der Waals surface area contributed by atoms with Gasteiger partial charge in [0, 0.05) is 17.9 Å². The van der Waals surface area contributed by atoms with Crippen molar-refractivity contribution in [3.63, 3.8) is 0 Å². The van der Waals surface area contributed by atoms with E-state index in [4.69, 9.17) is 5.73 Å². The number of carbonyl (C=O) groups excluding carboxylic acids is 1. The highest BCUT2D eigenvalue weighted by molar-refractivity contribution is 5.95. The van der Waals surface area contributed by atoms with E-state index in [1.165, 1.54) is 12.1 Å². The normalized spacial score (nSPS) is 10.4. The SMILES string of the molecule is CCCN(C(=O)Cc1cccc(F)c1)c1cccc(N)c1. The molecule has 110 valence electrons. The third-order valence-corrected chi connectivity index (χ3v) is 3.17. The van der Waals surface area contributed by atoms with Gasteiger partial charge >= 0.3 is 0 Å². The quantitative estimate of drug-likeness (QED) is 0.856. The van der Waals surface area contributed by atoms with Gasteiger partial charge in [-0.2, -0.15) is 0 Å². The fraction of sp³-hybridized carbons (Fsp3) is 0.235. The van der Waals surface area contributed by atoms with Crippen molar-refractivity contribution in [3.05, 3.63) is 59.9 Å². The molecule has 0 aliphatic carbocycles. The maximum Gasteiger partial charge on any atom is 0.231 e. The molecule has 21 heavy (non-hydrogen) atoms. The molecule has 2 N–H and O–H groups in total. The van der Waals surface area contributed by atoms with Gasteiger partial charge in [0.25, 0.3) is 0 Å². The zero-order valence-electron chi connectivity index (χ0n) is 12.1. The number of nitrogen functional groups attached to an aromatic ring is 1. The van der Waals surface area contributed by atoms with Gasteiger partial charge in [-0.3, -0.25) is 4.79 Å². The van der Waals surface area contributed by atoms with Gasteiger partial charge in [0.05, 0.1) is 6.42 Å². The van der Waals surface area contributed by atoms with Crippen LogP contribution in [-0.2, 0) is 11.2 Å². The number of hydrogen-bond acceptors (Lipinski definition) is 2. The van der Waals surface area contributed by atoms with Crippen molar-refractivity contribution < 1.29 is 9.18 Å². The van der Waals surface area contributed by atoms with Crippen LogP contribution in [0.3, 0.4) is 0 Å². The molecule has 0 aliphatic rings. The lowest BCUT2D eigenvalue weighted by Crippen LogP contribution is -2.33. The number of benzene rings is 2. The molecule has 0 spiro atoms. The van der Waals surface area contributed by atoms with Gasteiger partial charge in [-0.15, -0.1) is 0 Å². The van der Waals surface area contributed by atoms with Crippen LogP contribution in [0.2, 0.25) is 0 Å². The highest BCUT2D eigenvalue weighted by Crippen LogP contribution is 2.19. The molecule has 3 nitrogen and oxygen atoms in total. The molecule has 2 aromatic carbocycles. The highest BCUT2D eigenvalue weighted by Gasteiger charge is 2.15. The first kappa shape index (κ1) is 15.0. The van der Waals surface area contributed by atoms with E-state index in [0.717, 1.165) is 12.1 Å². The predicted molar refractivity (Wildman–Crippen MR) is 83.6 cm³/mol. The fourth-order valence-electron chi connectivity index (χ4n) is 2.23. The van der Waals surface area contributed by atoms with Crippen LogP contribution < -0.4 is 10.6 Å². The molecule has 0 saturated carbocycles. The third-order valence-electron chi connectivity index (χ3n) is 3.17. The molecule has 4 heteroatoms. The number of nitrogens with two attached hydrogens (primary N) is 1. The Labute approximate surface area is 124 Å². The summed E-state index contributed by atoms with van der Waals surface area (Å²) in [5, 5.41) is 0. The molecule has 2 aromatic rings. The van der Waals surface area contributed by atoms with Crippen molar-refractivity contribution in [2.24, 2.45) is 0 Å². The number of amides is 1. The lowest BCUT2D eigenvalue weighted by molar-refractivity contribution is -0.118. The van der Waals surface area contributed by atoms with E-state index < -0.39 is 0 Å². The van der Waals surface area contributed by atoms with Gasteiger partial charge in [0.2, 0.25) is 5.91 Å². The minimum Gasteiger partial charge on any atom is -0.399 e. The van der Waals surface area contributed by atoms with E-state index in [1.54, 1.807) is 29.2 Å². The average Bonchev–Trinajstić information content (AvgIpc) is 2.44. The van der Waals surface area contributed by atoms with Crippen LogP contribution >= 0.6 is 0 Å².